The van der Waals surface area contributed by atoms with E-state index in [4.69, 9.17) is 10.6 Å². The molecule has 0 spiro atoms. The number of rotatable bonds is 5. The van der Waals surface area contributed by atoms with Crippen molar-refractivity contribution in [2.45, 2.75) is 39.3 Å². The number of nitrogens with one attached hydrogen (secondary N) is 1. The van der Waals surface area contributed by atoms with Gasteiger partial charge in [-0.3, -0.25) is 15.1 Å². The van der Waals surface area contributed by atoms with Gasteiger partial charge in [-0.05, 0) is 57.5 Å². The van der Waals surface area contributed by atoms with Crippen molar-refractivity contribution >= 4 is 5.91 Å². The van der Waals surface area contributed by atoms with Crippen molar-refractivity contribution in [3.63, 3.8) is 0 Å². The molecule has 1 aliphatic heterocycles. The second-order valence-electron chi connectivity index (χ2n) is 5.87. The predicted molar refractivity (Wildman–Crippen MR) is 82.5 cm³/mol. The van der Waals surface area contributed by atoms with E-state index in [0.717, 1.165) is 38.2 Å². The van der Waals surface area contributed by atoms with Crippen LogP contribution in [0, 0.1) is 5.92 Å². The summed E-state index contributed by atoms with van der Waals surface area (Å²) >= 11 is 0. The first-order valence-electron chi connectivity index (χ1n) is 7.57. The van der Waals surface area contributed by atoms with Crippen LogP contribution >= 0.6 is 0 Å². The van der Waals surface area contributed by atoms with E-state index in [1.54, 1.807) is 0 Å². The molecule has 5 heteroatoms. The number of hydrogen-bond acceptors (Lipinski definition) is 4. The van der Waals surface area contributed by atoms with Crippen molar-refractivity contribution < 1.29 is 9.53 Å². The summed E-state index contributed by atoms with van der Waals surface area (Å²) in [4.78, 5) is 13.9. The van der Waals surface area contributed by atoms with Crippen LogP contribution in [0.1, 0.15) is 32.3 Å². The van der Waals surface area contributed by atoms with Crippen molar-refractivity contribution in [1.82, 2.24) is 10.3 Å². The minimum Gasteiger partial charge on any atom is -0.491 e. The summed E-state index contributed by atoms with van der Waals surface area (Å²) < 4.78 is 5.64. The third kappa shape index (κ3) is 4.72. The standard InChI is InChI=1S/C16H25N3O2/c1-12(2)21-15-5-3-13(4-6-15)11-19-9-7-14(8-10-19)16(20)18-17/h3-6,12,14H,7-11,17H2,1-2H3,(H,18,20). The molecule has 1 heterocycles. The Balaban J connectivity index is 1.82. The summed E-state index contributed by atoms with van der Waals surface area (Å²) in [6.07, 6.45) is 1.94. The van der Waals surface area contributed by atoms with Gasteiger partial charge in [0.25, 0.3) is 0 Å². The smallest absolute Gasteiger partial charge is 0.237 e. The fourth-order valence-electron chi connectivity index (χ4n) is 2.67. The summed E-state index contributed by atoms with van der Waals surface area (Å²) in [5, 5.41) is 0. The molecule has 0 saturated carbocycles. The fourth-order valence-corrected chi connectivity index (χ4v) is 2.67. The molecule has 1 aliphatic rings. The first-order valence-corrected chi connectivity index (χ1v) is 7.57. The minimum atomic E-state index is -0.0372. The quantitative estimate of drug-likeness (QED) is 0.492. The molecule has 1 aromatic carbocycles. The van der Waals surface area contributed by atoms with Gasteiger partial charge in [-0.25, -0.2) is 5.84 Å². The number of amides is 1. The number of benzene rings is 1. The van der Waals surface area contributed by atoms with Gasteiger partial charge in [0.15, 0.2) is 0 Å². The van der Waals surface area contributed by atoms with E-state index in [9.17, 15) is 4.79 Å². The average Bonchev–Trinajstić information content (AvgIpc) is 2.49. The molecule has 5 nitrogen and oxygen atoms in total. The van der Waals surface area contributed by atoms with E-state index in [-0.39, 0.29) is 17.9 Å². The monoisotopic (exact) mass is 291 g/mol. The molecule has 0 radical (unpaired) electrons. The molecule has 2 rings (SSSR count). The number of hydrazine groups is 1. The van der Waals surface area contributed by atoms with Gasteiger partial charge in [0.1, 0.15) is 5.75 Å². The van der Waals surface area contributed by atoms with Crippen LogP contribution in [-0.2, 0) is 11.3 Å². The Bertz CT molecular complexity index is 451. The highest BCUT2D eigenvalue weighted by Gasteiger charge is 2.24. The maximum absolute atomic E-state index is 11.5. The van der Waals surface area contributed by atoms with Crippen LogP contribution in [0.3, 0.4) is 0 Å². The molecular formula is C16H25N3O2. The number of carbonyl (C=O) groups is 1. The Labute approximate surface area is 126 Å². The lowest BCUT2D eigenvalue weighted by atomic mass is 9.96. The minimum absolute atomic E-state index is 0.0372. The Morgan fingerprint density at radius 1 is 1.33 bits per heavy atom. The SMILES string of the molecule is CC(C)Oc1ccc(CN2CCC(C(=O)NN)CC2)cc1. The highest BCUT2D eigenvalue weighted by molar-refractivity contribution is 5.78. The lowest BCUT2D eigenvalue weighted by Crippen LogP contribution is -2.42. The number of nitrogens with two attached hydrogens (primary N) is 1. The van der Waals surface area contributed by atoms with Crippen molar-refractivity contribution in [2.24, 2.45) is 11.8 Å². The molecule has 0 bridgehead atoms. The molecule has 0 atom stereocenters. The molecule has 0 unspecified atom stereocenters. The first kappa shape index (κ1) is 15.8. The second-order valence-corrected chi connectivity index (χ2v) is 5.87. The van der Waals surface area contributed by atoms with Crippen LogP contribution in [-0.4, -0.2) is 30.0 Å². The highest BCUT2D eigenvalue weighted by atomic mass is 16.5. The molecule has 0 aromatic heterocycles. The van der Waals surface area contributed by atoms with Crippen LogP contribution in [0.4, 0.5) is 0 Å². The zero-order chi connectivity index (χ0) is 15.2. The van der Waals surface area contributed by atoms with E-state index >= 15 is 0 Å². The summed E-state index contributed by atoms with van der Waals surface area (Å²) in [5.74, 6) is 6.12. The van der Waals surface area contributed by atoms with Crippen LogP contribution < -0.4 is 16.0 Å². The average molecular weight is 291 g/mol. The summed E-state index contributed by atoms with van der Waals surface area (Å²) in [7, 11) is 0. The molecule has 21 heavy (non-hydrogen) atoms. The van der Waals surface area contributed by atoms with Gasteiger partial charge in [-0.1, -0.05) is 12.1 Å². The van der Waals surface area contributed by atoms with Crippen molar-refractivity contribution in [2.75, 3.05) is 13.1 Å². The summed E-state index contributed by atoms with van der Waals surface area (Å²) in [5.41, 5.74) is 3.52. The molecule has 1 aromatic rings. The third-order valence-corrected chi connectivity index (χ3v) is 3.80. The van der Waals surface area contributed by atoms with Crippen molar-refractivity contribution in [3.8, 4) is 5.75 Å². The summed E-state index contributed by atoms with van der Waals surface area (Å²) in [6.45, 7) is 6.83. The Morgan fingerprint density at radius 3 is 2.48 bits per heavy atom. The Hall–Kier alpha value is -1.59. The number of hydrogen-bond donors (Lipinski definition) is 2. The van der Waals surface area contributed by atoms with Gasteiger partial charge in [-0.2, -0.15) is 0 Å². The zero-order valence-electron chi connectivity index (χ0n) is 12.8. The topological polar surface area (TPSA) is 67.6 Å². The van der Waals surface area contributed by atoms with E-state index in [1.165, 1.54) is 5.56 Å². The Kier molecular flexibility index (Phi) is 5.59. The number of likely N-dealkylation sites (tertiary alicyclic amines) is 1. The fraction of sp³-hybridized carbons (Fsp3) is 0.562. The Morgan fingerprint density at radius 2 is 1.95 bits per heavy atom. The molecule has 1 amide bonds. The van der Waals surface area contributed by atoms with Crippen LogP contribution in [0.2, 0.25) is 0 Å². The molecule has 116 valence electrons. The maximum atomic E-state index is 11.5. The first-order chi connectivity index (χ1) is 10.1. The van der Waals surface area contributed by atoms with Crippen molar-refractivity contribution in [3.05, 3.63) is 29.8 Å². The molecule has 1 fully saturated rings. The van der Waals surface area contributed by atoms with Gasteiger partial charge in [0.2, 0.25) is 5.91 Å². The van der Waals surface area contributed by atoms with Crippen LogP contribution in [0.15, 0.2) is 24.3 Å². The van der Waals surface area contributed by atoms with Gasteiger partial charge < -0.3 is 4.74 Å². The van der Waals surface area contributed by atoms with Gasteiger partial charge in [-0.15, -0.1) is 0 Å². The van der Waals surface area contributed by atoms with E-state index in [0.29, 0.717) is 0 Å². The maximum Gasteiger partial charge on any atom is 0.237 e. The summed E-state index contributed by atoms with van der Waals surface area (Å²) in [6, 6.07) is 8.25. The predicted octanol–water partition coefficient (Wildman–Crippen LogP) is 1.68. The highest BCUT2D eigenvalue weighted by Crippen LogP contribution is 2.20. The number of carbonyl (C=O) groups excluding carboxylic acids is 1. The zero-order valence-corrected chi connectivity index (χ0v) is 12.8. The van der Waals surface area contributed by atoms with Crippen LogP contribution in [0.5, 0.6) is 5.75 Å². The van der Waals surface area contributed by atoms with Gasteiger partial charge >= 0.3 is 0 Å². The van der Waals surface area contributed by atoms with Crippen molar-refractivity contribution in [1.29, 1.82) is 0 Å². The van der Waals surface area contributed by atoms with Crippen LogP contribution in [0.25, 0.3) is 0 Å². The molecule has 3 N–H and O–H groups in total. The largest absolute Gasteiger partial charge is 0.491 e. The van der Waals surface area contributed by atoms with Gasteiger partial charge in [0.05, 0.1) is 6.10 Å². The normalized spacial score (nSPS) is 17.0. The third-order valence-electron chi connectivity index (χ3n) is 3.80. The van der Waals surface area contributed by atoms with E-state index in [2.05, 4.69) is 22.5 Å². The van der Waals surface area contributed by atoms with E-state index in [1.807, 2.05) is 26.0 Å². The number of piperidine rings is 1. The van der Waals surface area contributed by atoms with Gasteiger partial charge in [0, 0.05) is 12.5 Å². The lowest BCUT2D eigenvalue weighted by molar-refractivity contribution is -0.126. The second kappa shape index (κ2) is 7.43. The number of nitrogens with zero attached hydrogens (tertiary/aromatic N) is 1. The number of ether oxygens (including phenoxy) is 1. The molecule has 0 aliphatic carbocycles. The lowest BCUT2D eigenvalue weighted by Gasteiger charge is -2.30. The molecule has 1 saturated heterocycles. The van der Waals surface area contributed by atoms with E-state index < -0.39 is 0 Å². The molecular weight excluding hydrogens is 266 g/mol.